The van der Waals surface area contributed by atoms with Crippen LogP contribution in [0.3, 0.4) is 0 Å². The fourth-order valence-electron chi connectivity index (χ4n) is 1.88. The van der Waals surface area contributed by atoms with Crippen LogP contribution in [-0.2, 0) is 0 Å². The molecule has 0 heterocycles. The van der Waals surface area contributed by atoms with Crippen LogP contribution >= 0.6 is 31.9 Å². The molecule has 0 spiro atoms. The molecule has 0 saturated heterocycles. The Kier molecular flexibility index (Phi) is 5.22. The van der Waals surface area contributed by atoms with Crippen molar-refractivity contribution in [1.82, 2.24) is 0 Å². The molecule has 1 nitrogen and oxygen atoms in total. The van der Waals surface area contributed by atoms with Gasteiger partial charge in [0.2, 0.25) is 0 Å². The number of ether oxygens (including phenoxy) is 1. The van der Waals surface area contributed by atoms with Crippen LogP contribution < -0.4 is 4.74 Å². The summed E-state index contributed by atoms with van der Waals surface area (Å²) in [5.74, 6) is 0.579. The first-order chi connectivity index (χ1) is 9.49. The Bertz CT molecular complexity index is 582. The van der Waals surface area contributed by atoms with Gasteiger partial charge < -0.3 is 4.74 Å². The Morgan fingerprint density at radius 2 is 1.70 bits per heavy atom. The lowest BCUT2D eigenvalue weighted by Crippen LogP contribution is -2.05. The van der Waals surface area contributed by atoms with Gasteiger partial charge in [0.25, 0.3) is 0 Å². The van der Waals surface area contributed by atoms with Crippen LogP contribution in [0.15, 0.2) is 46.9 Å². The molecule has 1 unspecified atom stereocenters. The SMILES string of the molecule is CC(C)Oc1ccc(C(Br)c2cccc(Br)c2F)cc1. The van der Waals surface area contributed by atoms with E-state index in [2.05, 4.69) is 31.9 Å². The summed E-state index contributed by atoms with van der Waals surface area (Å²) in [6.45, 7) is 3.97. The van der Waals surface area contributed by atoms with E-state index in [0.29, 0.717) is 10.0 Å². The maximum atomic E-state index is 14.1. The minimum atomic E-state index is -0.239. The van der Waals surface area contributed by atoms with Crippen molar-refractivity contribution in [3.05, 3.63) is 63.9 Å². The van der Waals surface area contributed by atoms with E-state index in [1.54, 1.807) is 12.1 Å². The first kappa shape index (κ1) is 15.5. The van der Waals surface area contributed by atoms with Crippen LogP contribution in [0.25, 0.3) is 0 Å². The standard InChI is InChI=1S/C16H15Br2FO/c1-10(2)20-12-8-6-11(7-9-12)15(18)13-4-3-5-14(17)16(13)19/h3-10,15H,1-2H3. The number of hydrogen-bond donors (Lipinski definition) is 0. The third-order valence-electron chi connectivity index (χ3n) is 2.80. The highest BCUT2D eigenvalue weighted by Gasteiger charge is 2.16. The molecule has 0 amide bonds. The van der Waals surface area contributed by atoms with Crippen LogP contribution in [0, 0.1) is 5.82 Å². The van der Waals surface area contributed by atoms with Crippen molar-refractivity contribution < 1.29 is 9.13 Å². The van der Waals surface area contributed by atoms with E-state index in [9.17, 15) is 4.39 Å². The van der Waals surface area contributed by atoms with Crippen molar-refractivity contribution in [1.29, 1.82) is 0 Å². The summed E-state index contributed by atoms with van der Waals surface area (Å²) >= 11 is 6.76. The third kappa shape index (κ3) is 3.61. The summed E-state index contributed by atoms with van der Waals surface area (Å²) in [4.78, 5) is -0.187. The largest absolute Gasteiger partial charge is 0.491 e. The van der Waals surface area contributed by atoms with Gasteiger partial charge in [0.1, 0.15) is 11.6 Å². The van der Waals surface area contributed by atoms with Gasteiger partial charge >= 0.3 is 0 Å². The summed E-state index contributed by atoms with van der Waals surface area (Å²) in [6.07, 6.45) is 0.142. The van der Waals surface area contributed by atoms with Crippen molar-refractivity contribution in [3.8, 4) is 5.75 Å². The van der Waals surface area contributed by atoms with Crippen molar-refractivity contribution in [2.24, 2.45) is 0 Å². The third-order valence-corrected chi connectivity index (χ3v) is 4.43. The topological polar surface area (TPSA) is 9.23 Å². The molecule has 2 aromatic carbocycles. The molecule has 0 aromatic heterocycles. The molecular formula is C16H15Br2FO. The number of hydrogen-bond acceptors (Lipinski definition) is 1. The van der Waals surface area contributed by atoms with Crippen LogP contribution in [-0.4, -0.2) is 6.10 Å². The zero-order chi connectivity index (χ0) is 14.7. The van der Waals surface area contributed by atoms with Gasteiger partial charge in [-0.05, 0) is 53.5 Å². The first-order valence-corrected chi connectivity index (χ1v) is 8.04. The van der Waals surface area contributed by atoms with Crippen molar-refractivity contribution in [3.63, 3.8) is 0 Å². The zero-order valence-electron chi connectivity index (χ0n) is 11.2. The highest BCUT2D eigenvalue weighted by Crippen LogP contribution is 2.35. The van der Waals surface area contributed by atoms with Crippen LogP contribution in [0.2, 0.25) is 0 Å². The second-order valence-corrected chi connectivity index (χ2v) is 6.51. The van der Waals surface area contributed by atoms with E-state index in [4.69, 9.17) is 4.74 Å². The summed E-state index contributed by atoms with van der Waals surface area (Å²) < 4.78 is 20.2. The lowest BCUT2D eigenvalue weighted by Gasteiger charge is -2.14. The maximum absolute atomic E-state index is 14.1. The van der Waals surface area contributed by atoms with Gasteiger partial charge in [-0.25, -0.2) is 4.39 Å². The van der Waals surface area contributed by atoms with Crippen LogP contribution in [0.1, 0.15) is 29.8 Å². The lowest BCUT2D eigenvalue weighted by molar-refractivity contribution is 0.242. The highest BCUT2D eigenvalue weighted by molar-refractivity contribution is 9.10. The first-order valence-electron chi connectivity index (χ1n) is 6.33. The number of halogens is 3. The van der Waals surface area contributed by atoms with Gasteiger partial charge in [-0.2, -0.15) is 0 Å². The zero-order valence-corrected chi connectivity index (χ0v) is 14.4. The van der Waals surface area contributed by atoms with Gasteiger partial charge in [0, 0.05) is 5.56 Å². The molecule has 0 aliphatic carbocycles. The molecule has 0 N–H and O–H groups in total. The van der Waals surface area contributed by atoms with E-state index in [1.807, 2.05) is 44.2 Å². The molecular weight excluding hydrogens is 387 g/mol. The molecule has 2 aromatic rings. The average molecular weight is 402 g/mol. The van der Waals surface area contributed by atoms with E-state index in [1.165, 1.54) is 0 Å². The smallest absolute Gasteiger partial charge is 0.142 e. The van der Waals surface area contributed by atoms with Gasteiger partial charge in [-0.15, -0.1) is 0 Å². The quantitative estimate of drug-likeness (QED) is 0.583. The van der Waals surface area contributed by atoms with Crippen molar-refractivity contribution in [2.45, 2.75) is 24.8 Å². The maximum Gasteiger partial charge on any atom is 0.142 e. The van der Waals surface area contributed by atoms with E-state index >= 15 is 0 Å². The Morgan fingerprint density at radius 1 is 1.05 bits per heavy atom. The van der Waals surface area contributed by atoms with E-state index in [0.717, 1.165) is 11.3 Å². The van der Waals surface area contributed by atoms with Gasteiger partial charge in [0.15, 0.2) is 0 Å². The molecule has 0 bridgehead atoms. The normalized spacial score (nSPS) is 12.5. The molecule has 0 fully saturated rings. The summed E-state index contributed by atoms with van der Waals surface area (Å²) in [5, 5.41) is 0. The molecule has 106 valence electrons. The van der Waals surface area contributed by atoms with E-state index in [-0.39, 0.29) is 16.7 Å². The van der Waals surface area contributed by atoms with Gasteiger partial charge in [-0.1, -0.05) is 40.2 Å². The Balaban J connectivity index is 2.25. The second kappa shape index (κ2) is 6.72. The number of rotatable bonds is 4. The minimum Gasteiger partial charge on any atom is -0.491 e. The van der Waals surface area contributed by atoms with Gasteiger partial charge in [-0.3, -0.25) is 0 Å². The van der Waals surface area contributed by atoms with Crippen molar-refractivity contribution in [2.75, 3.05) is 0 Å². The molecule has 4 heteroatoms. The molecule has 2 rings (SSSR count). The molecule has 0 aliphatic rings. The van der Waals surface area contributed by atoms with Crippen LogP contribution in [0.4, 0.5) is 4.39 Å². The predicted molar refractivity (Wildman–Crippen MR) is 87.1 cm³/mol. The number of alkyl halides is 1. The molecule has 0 radical (unpaired) electrons. The molecule has 1 atom stereocenters. The summed E-state index contributed by atoms with van der Waals surface area (Å²) in [5.41, 5.74) is 1.59. The second-order valence-electron chi connectivity index (χ2n) is 4.74. The Morgan fingerprint density at radius 3 is 2.30 bits per heavy atom. The molecule has 0 saturated carbocycles. The summed E-state index contributed by atoms with van der Waals surface area (Å²) in [6, 6.07) is 13.0. The fourth-order valence-corrected chi connectivity index (χ4v) is 2.92. The molecule has 0 aliphatic heterocycles. The summed E-state index contributed by atoms with van der Waals surface area (Å²) in [7, 11) is 0. The average Bonchev–Trinajstić information content (AvgIpc) is 2.41. The Labute approximate surface area is 135 Å². The monoisotopic (exact) mass is 400 g/mol. The predicted octanol–water partition coefficient (Wildman–Crippen LogP) is 5.86. The van der Waals surface area contributed by atoms with E-state index < -0.39 is 0 Å². The van der Waals surface area contributed by atoms with Crippen LogP contribution in [0.5, 0.6) is 5.75 Å². The fraction of sp³-hybridized carbons (Fsp3) is 0.250. The Hall–Kier alpha value is -0.870. The highest BCUT2D eigenvalue weighted by atomic mass is 79.9. The van der Waals surface area contributed by atoms with Crippen molar-refractivity contribution >= 4 is 31.9 Å². The number of benzene rings is 2. The van der Waals surface area contributed by atoms with Gasteiger partial charge in [0.05, 0.1) is 15.4 Å². The lowest BCUT2D eigenvalue weighted by atomic mass is 10.0. The molecule has 20 heavy (non-hydrogen) atoms. The minimum absolute atomic E-state index is 0.142.